The van der Waals surface area contributed by atoms with E-state index in [9.17, 15) is 5.11 Å². The Bertz CT molecular complexity index is 516. The second-order valence-electron chi connectivity index (χ2n) is 7.81. The molecule has 3 aliphatic rings. The van der Waals surface area contributed by atoms with Gasteiger partial charge >= 0.3 is 7.48 Å². The van der Waals surface area contributed by atoms with Crippen molar-refractivity contribution in [1.29, 1.82) is 0 Å². The molecule has 0 aromatic heterocycles. The van der Waals surface area contributed by atoms with E-state index in [4.69, 9.17) is 4.65 Å². The fourth-order valence-corrected chi connectivity index (χ4v) is 3.41. The van der Waals surface area contributed by atoms with Crippen molar-refractivity contribution in [2.45, 2.75) is 63.8 Å². The Labute approximate surface area is 134 Å². The molecule has 0 aromatic carbocycles. The van der Waals surface area contributed by atoms with Crippen LogP contribution in [-0.4, -0.2) is 35.9 Å². The molecule has 1 fully saturated rings. The summed E-state index contributed by atoms with van der Waals surface area (Å²) in [5.41, 5.74) is -0.226. The number of aliphatic hydroxyl groups is 1. The Morgan fingerprint density at radius 2 is 1.91 bits per heavy atom. The topological polar surface area (TPSA) is 41.5 Å². The van der Waals surface area contributed by atoms with E-state index < -0.39 is 11.2 Å². The summed E-state index contributed by atoms with van der Waals surface area (Å²) in [5, 5.41) is 13.9. The van der Waals surface area contributed by atoms with Crippen LogP contribution in [0.5, 0.6) is 0 Å². The van der Waals surface area contributed by atoms with Crippen molar-refractivity contribution in [2.75, 3.05) is 0 Å². The largest absolute Gasteiger partial charge is 0.427 e. The summed E-state index contributed by atoms with van der Waals surface area (Å²) in [6, 6.07) is 1.05. The lowest BCUT2D eigenvalue weighted by Gasteiger charge is -2.38. The second kappa shape index (κ2) is 5.66. The van der Waals surface area contributed by atoms with Crippen LogP contribution in [0.25, 0.3) is 0 Å². The zero-order chi connectivity index (χ0) is 16.0. The van der Waals surface area contributed by atoms with E-state index >= 15 is 0 Å². The standard InChI is InChI=1S/C18H27BNO2/c1-17(2,21)18(3,4)22-19-12-9-10-16-14(11-12)13-7-5-6-8-15(13)20-16/h5-8,11,13-16,20-21H,9-10H2,1-4H3. The molecule has 4 unspecified atom stereocenters. The molecule has 3 nitrogen and oxygen atoms in total. The van der Waals surface area contributed by atoms with Gasteiger partial charge < -0.3 is 15.1 Å². The van der Waals surface area contributed by atoms with E-state index in [1.165, 1.54) is 5.47 Å². The molecule has 0 saturated carbocycles. The Kier molecular flexibility index (Phi) is 4.13. The van der Waals surface area contributed by atoms with Crippen LogP contribution in [0.1, 0.15) is 40.5 Å². The molecule has 1 radical (unpaired) electrons. The van der Waals surface area contributed by atoms with E-state index in [1.54, 1.807) is 13.8 Å². The van der Waals surface area contributed by atoms with Gasteiger partial charge in [-0.3, -0.25) is 0 Å². The summed E-state index contributed by atoms with van der Waals surface area (Å²) in [4.78, 5) is 0. The summed E-state index contributed by atoms with van der Waals surface area (Å²) >= 11 is 0. The van der Waals surface area contributed by atoms with Crippen LogP contribution in [0, 0.1) is 11.8 Å². The van der Waals surface area contributed by atoms with E-state index in [0.717, 1.165) is 12.8 Å². The van der Waals surface area contributed by atoms with Crippen LogP contribution in [0.4, 0.5) is 0 Å². The number of nitrogens with one attached hydrogen (secondary N) is 1. The van der Waals surface area contributed by atoms with Crippen molar-refractivity contribution in [2.24, 2.45) is 11.8 Å². The van der Waals surface area contributed by atoms with E-state index in [2.05, 4.69) is 35.7 Å². The normalized spacial score (nSPS) is 34.1. The van der Waals surface area contributed by atoms with Gasteiger partial charge in [-0.2, -0.15) is 0 Å². The average molecular weight is 300 g/mol. The summed E-state index contributed by atoms with van der Waals surface area (Å²) in [5.74, 6) is 1.10. The van der Waals surface area contributed by atoms with Crippen molar-refractivity contribution in [3.63, 3.8) is 0 Å². The molecular formula is C18H27BNO2. The van der Waals surface area contributed by atoms with Gasteiger partial charge in [0.05, 0.1) is 11.2 Å². The third-order valence-electron chi connectivity index (χ3n) is 5.62. The molecule has 4 heteroatoms. The zero-order valence-electron chi connectivity index (χ0n) is 14.0. The van der Waals surface area contributed by atoms with Crippen LogP contribution < -0.4 is 5.32 Å². The molecule has 3 rings (SSSR count). The van der Waals surface area contributed by atoms with Gasteiger partial charge in [-0.15, -0.1) is 0 Å². The van der Waals surface area contributed by atoms with Crippen molar-refractivity contribution < 1.29 is 9.76 Å². The minimum atomic E-state index is -0.877. The maximum Gasteiger partial charge on any atom is 0.326 e. The van der Waals surface area contributed by atoms with Gasteiger partial charge in [-0.05, 0) is 46.5 Å². The number of hydrogen-bond donors (Lipinski definition) is 2. The highest BCUT2D eigenvalue weighted by atomic mass is 16.5. The van der Waals surface area contributed by atoms with Crippen LogP contribution in [0.15, 0.2) is 35.9 Å². The first-order valence-electron chi connectivity index (χ1n) is 8.33. The first-order valence-corrected chi connectivity index (χ1v) is 8.33. The monoisotopic (exact) mass is 300 g/mol. The summed E-state index contributed by atoms with van der Waals surface area (Å²) in [6.45, 7) is 7.43. The van der Waals surface area contributed by atoms with Crippen molar-refractivity contribution in [3.8, 4) is 0 Å². The van der Waals surface area contributed by atoms with E-state index in [0.29, 0.717) is 23.9 Å². The molecule has 1 saturated heterocycles. The number of allylic oxidation sites excluding steroid dienone is 3. The molecule has 2 aliphatic carbocycles. The predicted molar refractivity (Wildman–Crippen MR) is 90.5 cm³/mol. The molecule has 0 spiro atoms. The molecule has 0 bridgehead atoms. The molecule has 0 aromatic rings. The van der Waals surface area contributed by atoms with Gasteiger partial charge in [0.1, 0.15) is 0 Å². The summed E-state index contributed by atoms with van der Waals surface area (Å²) < 4.78 is 5.92. The highest BCUT2D eigenvalue weighted by Crippen LogP contribution is 2.39. The SMILES string of the molecule is CC(C)(O)C(C)(C)O[B]C1=CC2C(CC1)NC1C=CC=CC12. The van der Waals surface area contributed by atoms with Crippen LogP contribution >= 0.6 is 0 Å². The van der Waals surface area contributed by atoms with Gasteiger partial charge in [-0.1, -0.05) is 35.9 Å². The molecule has 1 heterocycles. The van der Waals surface area contributed by atoms with Crippen LogP contribution in [0.3, 0.4) is 0 Å². The second-order valence-corrected chi connectivity index (χ2v) is 7.81. The maximum atomic E-state index is 10.2. The lowest BCUT2D eigenvalue weighted by atomic mass is 9.71. The van der Waals surface area contributed by atoms with E-state index in [1.807, 2.05) is 21.3 Å². The number of rotatable bonds is 4. The third kappa shape index (κ3) is 2.97. The van der Waals surface area contributed by atoms with Gasteiger partial charge in [0.25, 0.3) is 0 Å². The van der Waals surface area contributed by atoms with Crippen molar-refractivity contribution >= 4 is 7.48 Å². The fraction of sp³-hybridized carbons (Fsp3) is 0.667. The number of fused-ring (bicyclic) bond motifs is 3. The van der Waals surface area contributed by atoms with Gasteiger partial charge in [0.2, 0.25) is 0 Å². The Morgan fingerprint density at radius 3 is 2.64 bits per heavy atom. The van der Waals surface area contributed by atoms with E-state index in [-0.39, 0.29) is 0 Å². The quantitative estimate of drug-likeness (QED) is 0.784. The van der Waals surface area contributed by atoms with Gasteiger partial charge in [0, 0.05) is 18.0 Å². The molecule has 22 heavy (non-hydrogen) atoms. The van der Waals surface area contributed by atoms with Crippen molar-refractivity contribution in [3.05, 3.63) is 35.9 Å². The Morgan fingerprint density at radius 1 is 1.18 bits per heavy atom. The van der Waals surface area contributed by atoms with Gasteiger partial charge in [0.15, 0.2) is 0 Å². The van der Waals surface area contributed by atoms with Crippen LogP contribution in [-0.2, 0) is 4.65 Å². The maximum absolute atomic E-state index is 10.2. The smallest absolute Gasteiger partial charge is 0.326 e. The fourth-order valence-electron chi connectivity index (χ4n) is 3.41. The summed E-state index contributed by atoms with van der Waals surface area (Å²) in [7, 11) is 1.86. The van der Waals surface area contributed by atoms with Crippen LogP contribution in [0.2, 0.25) is 0 Å². The van der Waals surface area contributed by atoms with Crippen molar-refractivity contribution in [1.82, 2.24) is 5.32 Å². The minimum Gasteiger partial charge on any atom is -0.427 e. The molecule has 0 amide bonds. The zero-order valence-corrected chi connectivity index (χ0v) is 14.0. The average Bonchev–Trinajstić information content (AvgIpc) is 2.82. The number of hydrogen-bond acceptors (Lipinski definition) is 3. The highest BCUT2D eigenvalue weighted by Gasteiger charge is 2.42. The third-order valence-corrected chi connectivity index (χ3v) is 5.62. The Balaban J connectivity index is 1.67. The highest BCUT2D eigenvalue weighted by molar-refractivity contribution is 6.38. The van der Waals surface area contributed by atoms with Gasteiger partial charge in [-0.25, -0.2) is 0 Å². The Hall–Kier alpha value is -0.835. The molecule has 119 valence electrons. The lowest BCUT2D eigenvalue weighted by Crippen LogP contribution is -2.48. The minimum absolute atomic E-state index is 0.476. The first kappa shape index (κ1) is 16.0. The first-order chi connectivity index (χ1) is 10.3. The molecule has 1 aliphatic heterocycles. The molecule has 4 atom stereocenters. The lowest BCUT2D eigenvalue weighted by molar-refractivity contribution is -0.0897. The molecular weight excluding hydrogens is 273 g/mol. The predicted octanol–water partition coefficient (Wildman–Crippen LogP) is 2.55. The summed E-state index contributed by atoms with van der Waals surface area (Å²) in [6.07, 6.45) is 13.4. The molecule has 2 N–H and O–H groups in total.